The van der Waals surface area contributed by atoms with Gasteiger partial charge in [-0.3, -0.25) is 0 Å². The highest BCUT2D eigenvalue weighted by atomic mass is 16.5. The van der Waals surface area contributed by atoms with Crippen LogP contribution in [0.1, 0.15) is 50.1 Å². The van der Waals surface area contributed by atoms with Crippen molar-refractivity contribution in [3.8, 4) is 5.75 Å². The van der Waals surface area contributed by atoms with Gasteiger partial charge in [0.2, 0.25) is 0 Å². The van der Waals surface area contributed by atoms with E-state index < -0.39 is 0 Å². The molecule has 3 heteroatoms. The number of benzene rings is 1. The molecular weight excluding hydrogens is 238 g/mol. The topological polar surface area (TPSA) is 44.5 Å². The zero-order valence-electron chi connectivity index (χ0n) is 11.6. The van der Waals surface area contributed by atoms with Crippen molar-refractivity contribution in [3.05, 3.63) is 29.8 Å². The van der Waals surface area contributed by atoms with Crippen LogP contribution in [0.2, 0.25) is 0 Å². The molecule has 2 aliphatic rings. The standard InChI is InChI=1S/C16H23NO2/c1-18-16(10-2-3-11-16)15(17)12-4-6-13(7-5-12)19-14-8-9-14/h4-7,14-15H,2-3,8-11,17H2,1H3. The maximum Gasteiger partial charge on any atom is 0.119 e. The lowest BCUT2D eigenvalue weighted by Gasteiger charge is -2.34. The molecule has 0 bridgehead atoms. The zero-order chi connectivity index (χ0) is 13.3. The normalized spacial score (nSPS) is 23.3. The van der Waals surface area contributed by atoms with E-state index in [1.807, 2.05) is 12.1 Å². The smallest absolute Gasteiger partial charge is 0.119 e. The van der Waals surface area contributed by atoms with Gasteiger partial charge in [-0.2, -0.15) is 0 Å². The number of methoxy groups -OCH3 is 1. The molecule has 1 unspecified atom stereocenters. The van der Waals surface area contributed by atoms with Crippen LogP contribution < -0.4 is 10.5 Å². The Hall–Kier alpha value is -1.06. The second-order valence-electron chi connectivity index (χ2n) is 5.84. The van der Waals surface area contributed by atoms with Crippen LogP contribution in [0.15, 0.2) is 24.3 Å². The first-order valence-corrected chi connectivity index (χ1v) is 7.31. The van der Waals surface area contributed by atoms with E-state index in [4.69, 9.17) is 15.2 Å². The van der Waals surface area contributed by atoms with E-state index in [1.165, 1.54) is 25.7 Å². The molecule has 0 spiro atoms. The third kappa shape index (κ3) is 2.63. The van der Waals surface area contributed by atoms with Gasteiger partial charge in [0, 0.05) is 7.11 Å². The predicted octanol–water partition coefficient (Wildman–Crippen LogP) is 3.19. The highest BCUT2D eigenvalue weighted by Crippen LogP contribution is 2.41. The minimum atomic E-state index is -0.168. The summed E-state index contributed by atoms with van der Waals surface area (Å²) in [6.07, 6.45) is 7.37. The molecule has 0 radical (unpaired) electrons. The quantitative estimate of drug-likeness (QED) is 0.885. The fourth-order valence-electron chi connectivity index (χ4n) is 3.05. The first kappa shape index (κ1) is 12.9. The van der Waals surface area contributed by atoms with Gasteiger partial charge in [0.1, 0.15) is 5.75 Å². The fourth-order valence-corrected chi connectivity index (χ4v) is 3.05. The zero-order valence-corrected chi connectivity index (χ0v) is 11.6. The van der Waals surface area contributed by atoms with Gasteiger partial charge in [-0.25, -0.2) is 0 Å². The molecule has 3 nitrogen and oxygen atoms in total. The summed E-state index contributed by atoms with van der Waals surface area (Å²) >= 11 is 0. The average Bonchev–Trinajstić information content (AvgIpc) is 3.13. The van der Waals surface area contributed by atoms with Gasteiger partial charge in [0.15, 0.2) is 0 Å². The van der Waals surface area contributed by atoms with E-state index in [9.17, 15) is 0 Å². The van der Waals surface area contributed by atoms with Gasteiger partial charge in [-0.05, 0) is 43.4 Å². The number of hydrogen-bond donors (Lipinski definition) is 1. The third-order valence-corrected chi connectivity index (χ3v) is 4.49. The van der Waals surface area contributed by atoms with E-state index in [0.29, 0.717) is 6.10 Å². The fraction of sp³-hybridized carbons (Fsp3) is 0.625. The Morgan fingerprint density at radius 1 is 1.16 bits per heavy atom. The first-order valence-electron chi connectivity index (χ1n) is 7.31. The minimum absolute atomic E-state index is 0.0463. The van der Waals surface area contributed by atoms with Crippen LogP contribution in [-0.2, 0) is 4.74 Å². The Labute approximate surface area is 115 Å². The average molecular weight is 261 g/mol. The van der Waals surface area contributed by atoms with Crippen LogP contribution in [0.4, 0.5) is 0 Å². The van der Waals surface area contributed by atoms with E-state index in [1.54, 1.807) is 7.11 Å². The maximum absolute atomic E-state index is 6.44. The Balaban J connectivity index is 1.73. The van der Waals surface area contributed by atoms with Crippen molar-refractivity contribution >= 4 is 0 Å². The second kappa shape index (κ2) is 5.14. The van der Waals surface area contributed by atoms with Crippen molar-refractivity contribution in [3.63, 3.8) is 0 Å². The predicted molar refractivity (Wildman–Crippen MR) is 75.2 cm³/mol. The van der Waals surface area contributed by atoms with Crippen LogP contribution in [0.25, 0.3) is 0 Å². The molecule has 104 valence electrons. The molecule has 0 aliphatic heterocycles. The number of hydrogen-bond acceptors (Lipinski definition) is 3. The molecule has 0 saturated heterocycles. The molecule has 1 aromatic carbocycles. The van der Waals surface area contributed by atoms with Crippen molar-refractivity contribution in [2.75, 3.05) is 7.11 Å². The summed E-state index contributed by atoms with van der Waals surface area (Å²) in [5.41, 5.74) is 7.42. The van der Waals surface area contributed by atoms with Crippen LogP contribution in [0.3, 0.4) is 0 Å². The minimum Gasteiger partial charge on any atom is -0.490 e. The number of rotatable bonds is 5. The van der Waals surface area contributed by atoms with E-state index in [-0.39, 0.29) is 11.6 Å². The van der Waals surface area contributed by atoms with Gasteiger partial charge >= 0.3 is 0 Å². The van der Waals surface area contributed by atoms with Crippen molar-refractivity contribution in [1.29, 1.82) is 0 Å². The molecule has 2 fully saturated rings. The van der Waals surface area contributed by atoms with Crippen molar-refractivity contribution in [1.82, 2.24) is 0 Å². The highest BCUT2D eigenvalue weighted by molar-refractivity contribution is 5.31. The molecule has 0 amide bonds. The molecule has 0 aromatic heterocycles. The monoisotopic (exact) mass is 261 g/mol. The molecule has 3 rings (SSSR count). The summed E-state index contributed by atoms with van der Waals surface area (Å²) < 4.78 is 11.5. The molecule has 0 heterocycles. The van der Waals surface area contributed by atoms with Gasteiger partial charge in [-0.1, -0.05) is 25.0 Å². The summed E-state index contributed by atoms with van der Waals surface area (Å²) in [5, 5.41) is 0. The first-order chi connectivity index (χ1) is 9.23. The SMILES string of the molecule is COC1(C(N)c2ccc(OC3CC3)cc2)CCCC1. The second-order valence-corrected chi connectivity index (χ2v) is 5.84. The van der Waals surface area contributed by atoms with Gasteiger partial charge in [0.05, 0.1) is 17.7 Å². The molecule has 1 aromatic rings. The Morgan fingerprint density at radius 3 is 2.32 bits per heavy atom. The Morgan fingerprint density at radius 2 is 1.79 bits per heavy atom. The van der Waals surface area contributed by atoms with Gasteiger partial charge in [0.25, 0.3) is 0 Å². The van der Waals surface area contributed by atoms with E-state index >= 15 is 0 Å². The number of nitrogens with two attached hydrogens (primary N) is 1. The summed E-state index contributed by atoms with van der Waals surface area (Å²) in [5.74, 6) is 0.955. The molecule has 2 aliphatic carbocycles. The maximum atomic E-state index is 6.44. The third-order valence-electron chi connectivity index (χ3n) is 4.49. The van der Waals surface area contributed by atoms with Crippen molar-refractivity contribution in [2.24, 2.45) is 5.73 Å². The Bertz CT molecular complexity index is 419. The van der Waals surface area contributed by atoms with Crippen molar-refractivity contribution < 1.29 is 9.47 Å². The summed E-state index contributed by atoms with van der Waals surface area (Å²) in [6, 6.07) is 8.19. The summed E-state index contributed by atoms with van der Waals surface area (Å²) in [4.78, 5) is 0. The lowest BCUT2D eigenvalue weighted by Crippen LogP contribution is -2.40. The molecule has 2 N–H and O–H groups in total. The van der Waals surface area contributed by atoms with Crippen LogP contribution >= 0.6 is 0 Å². The largest absolute Gasteiger partial charge is 0.490 e. The lowest BCUT2D eigenvalue weighted by atomic mass is 9.87. The molecule has 2 saturated carbocycles. The molecule has 1 atom stereocenters. The van der Waals surface area contributed by atoms with Crippen LogP contribution in [-0.4, -0.2) is 18.8 Å². The molecule has 19 heavy (non-hydrogen) atoms. The highest BCUT2D eigenvalue weighted by Gasteiger charge is 2.40. The number of ether oxygens (including phenoxy) is 2. The lowest BCUT2D eigenvalue weighted by molar-refractivity contribution is -0.0264. The van der Waals surface area contributed by atoms with Crippen molar-refractivity contribution in [2.45, 2.75) is 56.3 Å². The van der Waals surface area contributed by atoms with Crippen LogP contribution in [0, 0.1) is 0 Å². The van der Waals surface area contributed by atoms with Gasteiger partial charge in [-0.15, -0.1) is 0 Å². The van der Waals surface area contributed by atoms with E-state index in [0.717, 1.165) is 24.2 Å². The molecular formula is C16H23NO2. The van der Waals surface area contributed by atoms with E-state index in [2.05, 4.69) is 12.1 Å². The summed E-state index contributed by atoms with van der Waals surface area (Å²) in [6.45, 7) is 0. The summed E-state index contributed by atoms with van der Waals surface area (Å²) in [7, 11) is 1.79. The van der Waals surface area contributed by atoms with Crippen LogP contribution in [0.5, 0.6) is 5.75 Å². The Kier molecular flexibility index (Phi) is 3.50. The van der Waals surface area contributed by atoms with Gasteiger partial charge < -0.3 is 15.2 Å².